The zero-order chi connectivity index (χ0) is 23.4. The van der Waals surface area contributed by atoms with Crippen LogP contribution in [0.2, 0.25) is 0 Å². The molecule has 5 rings (SSSR count). The molecule has 0 bridgehead atoms. The molecular weight excluding hydrogens is 411 g/mol. The highest BCUT2D eigenvalue weighted by Gasteiger charge is 2.62. The topological polar surface area (TPSA) is 63.2 Å². The number of anilines is 1. The molecule has 162 valence electrons. The number of nitriles is 2. The lowest BCUT2D eigenvalue weighted by atomic mass is 9.69. The van der Waals surface area contributed by atoms with Gasteiger partial charge in [-0.2, -0.15) is 10.5 Å². The van der Waals surface area contributed by atoms with Crippen LogP contribution in [0, 0.1) is 33.9 Å². The molecule has 4 nitrogen and oxygen atoms in total. The zero-order valence-corrected chi connectivity index (χ0v) is 18.7. The normalized spacial score (nSPS) is 21.5. The summed E-state index contributed by atoms with van der Waals surface area (Å²) in [6, 6.07) is 26.3. The van der Waals surface area contributed by atoms with E-state index in [4.69, 9.17) is 4.99 Å². The van der Waals surface area contributed by atoms with E-state index in [2.05, 4.69) is 18.2 Å². The van der Waals surface area contributed by atoms with Gasteiger partial charge < -0.3 is 4.90 Å². The van der Waals surface area contributed by atoms with E-state index in [-0.39, 0.29) is 0 Å². The number of halogens is 1. The molecule has 3 aromatic rings. The number of aliphatic imine (C=N–C) groups is 1. The second kappa shape index (κ2) is 7.29. The van der Waals surface area contributed by atoms with E-state index in [1.807, 2.05) is 68.1 Å². The van der Waals surface area contributed by atoms with Gasteiger partial charge in [0.1, 0.15) is 11.7 Å². The van der Waals surface area contributed by atoms with Gasteiger partial charge in [-0.3, -0.25) is 4.99 Å². The highest BCUT2D eigenvalue weighted by Crippen LogP contribution is 2.61. The van der Waals surface area contributed by atoms with Gasteiger partial charge in [-0.1, -0.05) is 54.6 Å². The van der Waals surface area contributed by atoms with Crippen molar-refractivity contribution in [1.29, 1.82) is 10.5 Å². The minimum atomic E-state index is -1.50. The molecule has 1 fully saturated rings. The fraction of sp³-hybridized carbons (Fsp3) is 0.250. The van der Waals surface area contributed by atoms with Gasteiger partial charge in [-0.15, -0.1) is 0 Å². The van der Waals surface area contributed by atoms with Crippen LogP contribution in [0.4, 0.5) is 10.1 Å². The van der Waals surface area contributed by atoms with Gasteiger partial charge in [0.2, 0.25) is 0 Å². The van der Waals surface area contributed by atoms with Crippen LogP contribution in [0.1, 0.15) is 43.9 Å². The molecular formula is C28H23FN4. The van der Waals surface area contributed by atoms with Crippen molar-refractivity contribution >= 4 is 11.5 Å². The third kappa shape index (κ3) is 3.04. The van der Waals surface area contributed by atoms with Crippen LogP contribution in [0.3, 0.4) is 0 Å². The van der Waals surface area contributed by atoms with Gasteiger partial charge in [-0.05, 0) is 55.7 Å². The van der Waals surface area contributed by atoms with Crippen molar-refractivity contribution in [3.63, 3.8) is 0 Å². The Morgan fingerprint density at radius 2 is 1.58 bits per heavy atom. The summed E-state index contributed by atoms with van der Waals surface area (Å²) < 4.78 is 14.4. The number of hydrogen-bond donors (Lipinski definition) is 0. The number of nitrogens with zero attached hydrogens (tertiary/aromatic N) is 4. The molecule has 0 saturated carbocycles. The molecule has 5 heteroatoms. The zero-order valence-electron chi connectivity index (χ0n) is 18.7. The Hall–Kier alpha value is -3.96. The van der Waals surface area contributed by atoms with Crippen molar-refractivity contribution in [1.82, 2.24) is 0 Å². The lowest BCUT2D eigenvalue weighted by Crippen LogP contribution is -2.36. The van der Waals surface area contributed by atoms with Crippen LogP contribution in [0.15, 0.2) is 77.8 Å². The van der Waals surface area contributed by atoms with Crippen LogP contribution in [-0.4, -0.2) is 11.4 Å². The second-order valence-corrected chi connectivity index (χ2v) is 9.60. The molecule has 2 aliphatic heterocycles. The summed E-state index contributed by atoms with van der Waals surface area (Å²) in [4.78, 5) is 7.11. The monoisotopic (exact) mass is 434 g/mol. The van der Waals surface area contributed by atoms with Gasteiger partial charge in [-0.25, -0.2) is 4.39 Å². The average Bonchev–Trinajstić information content (AvgIpc) is 3.08. The lowest BCUT2D eigenvalue weighted by Gasteiger charge is -2.38. The molecule has 0 amide bonds. The number of amidine groups is 1. The Morgan fingerprint density at radius 3 is 2.24 bits per heavy atom. The summed E-state index contributed by atoms with van der Waals surface area (Å²) >= 11 is 0. The van der Waals surface area contributed by atoms with Crippen molar-refractivity contribution in [2.24, 2.45) is 10.4 Å². The molecule has 33 heavy (non-hydrogen) atoms. The highest BCUT2D eigenvalue weighted by molar-refractivity contribution is 6.11. The minimum Gasteiger partial charge on any atom is -0.319 e. The lowest BCUT2D eigenvalue weighted by molar-refractivity contribution is 0.436. The van der Waals surface area contributed by atoms with Crippen molar-refractivity contribution < 1.29 is 4.39 Å². The van der Waals surface area contributed by atoms with E-state index in [9.17, 15) is 14.9 Å². The Morgan fingerprint density at radius 1 is 0.909 bits per heavy atom. The molecule has 2 aliphatic rings. The molecule has 3 aromatic carbocycles. The second-order valence-electron chi connectivity index (χ2n) is 9.60. The standard InChI is InChI=1S/C28H23FN4/c1-27(2,3)32-26-24(18-9-8-10-19(29)15-18)28(16-30,17-31)25-22-13-5-4-11-20(22)21-12-6-7-14-23(21)33(25)26/h4-15,24-25H,1-3H3/t24-,25+/m1/s1. The summed E-state index contributed by atoms with van der Waals surface area (Å²) in [5, 5.41) is 21.2. The van der Waals surface area contributed by atoms with Crippen molar-refractivity contribution in [3.05, 3.63) is 89.7 Å². The largest absolute Gasteiger partial charge is 0.319 e. The number of para-hydroxylation sites is 1. The first-order valence-corrected chi connectivity index (χ1v) is 11.0. The van der Waals surface area contributed by atoms with Crippen molar-refractivity contribution in [2.45, 2.75) is 38.3 Å². The summed E-state index contributed by atoms with van der Waals surface area (Å²) in [5.74, 6) is -0.507. The first-order chi connectivity index (χ1) is 15.8. The van der Waals surface area contributed by atoms with E-state index < -0.39 is 28.7 Å². The molecule has 0 N–H and O–H groups in total. The molecule has 0 aromatic heterocycles. The molecule has 0 aliphatic carbocycles. The third-order valence-electron chi connectivity index (χ3n) is 6.36. The summed E-state index contributed by atoms with van der Waals surface area (Å²) in [5.41, 5.74) is 2.43. The van der Waals surface area contributed by atoms with Gasteiger partial charge in [0.05, 0.1) is 35.3 Å². The number of hydrogen-bond acceptors (Lipinski definition) is 3. The fourth-order valence-corrected chi connectivity index (χ4v) is 5.21. The highest BCUT2D eigenvalue weighted by atomic mass is 19.1. The predicted molar refractivity (Wildman–Crippen MR) is 127 cm³/mol. The molecule has 2 heterocycles. The first kappa shape index (κ1) is 20.9. The molecule has 2 atom stereocenters. The average molecular weight is 435 g/mol. The maximum atomic E-state index is 14.4. The number of rotatable bonds is 1. The van der Waals surface area contributed by atoms with Crippen LogP contribution in [-0.2, 0) is 0 Å². The minimum absolute atomic E-state index is 0.405. The first-order valence-electron chi connectivity index (χ1n) is 11.0. The van der Waals surface area contributed by atoms with Crippen LogP contribution in [0.5, 0.6) is 0 Å². The smallest absolute Gasteiger partial charge is 0.182 e. The van der Waals surface area contributed by atoms with Gasteiger partial charge >= 0.3 is 0 Å². The molecule has 1 saturated heterocycles. The van der Waals surface area contributed by atoms with E-state index in [1.165, 1.54) is 12.1 Å². The van der Waals surface area contributed by atoms with Gasteiger partial charge in [0.25, 0.3) is 0 Å². The van der Waals surface area contributed by atoms with E-state index in [0.29, 0.717) is 11.4 Å². The summed E-state index contributed by atoms with van der Waals surface area (Å²) in [6.07, 6.45) is 0. The maximum absolute atomic E-state index is 14.4. The summed E-state index contributed by atoms with van der Waals surface area (Å²) in [6.45, 7) is 5.96. The molecule has 0 spiro atoms. The van der Waals surface area contributed by atoms with Crippen LogP contribution >= 0.6 is 0 Å². The van der Waals surface area contributed by atoms with E-state index in [0.717, 1.165) is 22.4 Å². The fourth-order valence-electron chi connectivity index (χ4n) is 5.21. The SMILES string of the molecule is CC(C)(C)N=C1[C@@H](c2cccc(F)c2)C(C#N)(C#N)[C@@H]2c3ccccc3-c3ccccc3N12. The van der Waals surface area contributed by atoms with Crippen LogP contribution in [0.25, 0.3) is 11.1 Å². The summed E-state index contributed by atoms with van der Waals surface area (Å²) in [7, 11) is 0. The molecule has 0 radical (unpaired) electrons. The van der Waals surface area contributed by atoms with Gasteiger partial charge in [0.15, 0.2) is 5.41 Å². The number of benzene rings is 3. The van der Waals surface area contributed by atoms with Crippen molar-refractivity contribution in [2.75, 3.05) is 4.90 Å². The Kier molecular flexibility index (Phi) is 4.62. The van der Waals surface area contributed by atoms with Crippen LogP contribution < -0.4 is 4.90 Å². The van der Waals surface area contributed by atoms with Gasteiger partial charge in [0, 0.05) is 5.56 Å². The van der Waals surface area contributed by atoms with E-state index in [1.54, 1.807) is 12.1 Å². The Labute approximate surface area is 193 Å². The third-order valence-corrected chi connectivity index (χ3v) is 6.36. The quantitative estimate of drug-likeness (QED) is 0.446. The Bertz CT molecular complexity index is 1360. The molecule has 0 unspecified atom stereocenters. The number of fused-ring (bicyclic) bond motifs is 6. The van der Waals surface area contributed by atoms with Crippen molar-refractivity contribution in [3.8, 4) is 23.3 Å². The van der Waals surface area contributed by atoms with E-state index >= 15 is 0 Å². The Balaban J connectivity index is 1.92. The predicted octanol–water partition coefficient (Wildman–Crippen LogP) is 6.38. The maximum Gasteiger partial charge on any atom is 0.182 e.